The highest BCUT2D eigenvalue weighted by atomic mass is 32.2. The lowest BCUT2D eigenvalue weighted by atomic mass is 9.99. The highest BCUT2D eigenvalue weighted by Gasteiger charge is 2.22. The van der Waals surface area contributed by atoms with Crippen LogP contribution >= 0.6 is 11.8 Å². The van der Waals surface area contributed by atoms with Gasteiger partial charge in [0, 0.05) is 28.9 Å². The molecule has 3 aromatic carbocycles. The fourth-order valence-corrected chi connectivity index (χ4v) is 4.71. The summed E-state index contributed by atoms with van der Waals surface area (Å²) in [5, 5.41) is 23.8. The van der Waals surface area contributed by atoms with Gasteiger partial charge in [-0.25, -0.2) is 4.98 Å². The van der Waals surface area contributed by atoms with Gasteiger partial charge in [-0.1, -0.05) is 71.9 Å². The van der Waals surface area contributed by atoms with Crippen molar-refractivity contribution >= 4 is 29.0 Å². The Kier molecular flexibility index (Phi) is 7.66. The Balaban J connectivity index is 1.69. The number of nitro benzene ring substituents is 1. The SMILES string of the molecule is Cc1ccc(-c2cc(-c3ccccc3)c(C#N)c(SC(C)C(=O)Nc3ccc([N+](=O)[O-])cc3C)n2)cc1. The summed E-state index contributed by atoms with van der Waals surface area (Å²) in [7, 11) is 0. The number of nitrogens with zero attached hydrogens (tertiary/aromatic N) is 3. The van der Waals surface area contributed by atoms with Crippen molar-refractivity contribution in [3.8, 4) is 28.5 Å². The van der Waals surface area contributed by atoms with Gasteiger partial charge in [0.05, 0.1) is 21.4 Å². The lowest BCUT2D eigenvalue weighted by molar-refractivity contribution is -0.384. The van der Waals surface area contributed by atoms with Crippen molar-refractivity contribution in [3.63, 3.8) is 0 Å². The van der Waals surface area contributed by atoms with E-state index in [1.54, 1.807) is 13.8 Å². The van der Waals surface area contributed by atoms with E-state index in [0.717, 1.165) is 22.3 Å². The standard InChI is InChI=1S/C29H24N4O3S/c1-18-9-11-22(12-10-18)27-16-24(21-7-5-4-6-8-21)25(17-30)29(32-27)37-20(3)28(34)31-26-14-13-23(33(35)36)15-19(26)2/h4-16,20H,1-3H3,(H,31,34). The molecule has 184 valence electrons. The molecule has 37 heavy (non-hydrogen) atoms. The summed E-state index contributed by atoms with van der Waals surface area (Å²) in [5.74, 6) is -0.297. The average molecular weight is 509 g/mol. The Hall–Kier alpha value is -4.48. The van der Waals surface area contributed by atoms with Gasteiger partial charge in [0.25, 0.3) is 5.69 Å². The molecular weight excluding hydrogens is 484 g/mol. The van der Waals surface area contributed by atoms with Gasteiger partial charge in [0.1, 0.15) is 11.1 Å². The van der Waals surface area contributed by atoms with Crippen LogP contribution in [0.2, 0.25) is 0 Å². The number of nitriles is 1. The number of rotatable bonds is 7. The molecule has 1 amide bonds. The number of carbonyl (C=O) groups excluding carboxylic acids is 1. The van der Waals surface area contributed by atoms with E-state index < -0.39 is 10.2 Å². The summed E-state index contributed by atoms with van der Waals surface area (Å²) in [6, 6.07) is 26.1. The van der Waals surface area contributed by atoms with Gasteiger partial charge in [-0.05, 0) is 44.0 Å². The molecule has 0 spiro atoms. The fourth-order valence-electron chi connectivity index (χ4n) is 3.79. The number of non-ortho nitro benzene ring substituents is 1. The quantitative estimate of drug-likeness (QED) is 0.165. The molecule has 7 nitrogen and oxygen atoms in total. The van der Waals surface area contributed by atoms with Gasteiger partial charge in [-0.15, -0.1) is 0 Å². The molecule has 8 heteroatoms. The van der Waals surface area contributed by atoms with E-state index in [1.807, 2.05) is 67.6 Å². The molecule has 0 saturated carbocycles. The number of benzene rings is 3. The summed E-state index contributed by atoms with van der Waals surface area (Å²) in [6.07, 6.45) is 0. The van der Waals surface area contributed by atoms with Gasteiger partial charge in [-0.2, -0.15) is 5.26 Å². The van der Waals surface area contributed by atoms with Gasteiger partial charge >= 0.3 is 0 Å². The number of hydrogen-bond donors (Lipinski definition) is 1. The highest BCUT2D eigenvalue weighted by Crippen LogP contribution is 2.36. The van der Waals surface area contributed by atoms with Crippen LogP contribution in [0.25, 0.3) is 22.4 Å². The summed E-state index contributed by atoms with van der Waals surface area (Å²) >= 11 is 1.20. The molecule has 0 radical (unpaired) electrons. The molecule has 1 N–H and O–H groups in total. The van der Waals surface area contributed by atoms with Crippen LogP contribution in [0, 0.1) is 35.3 Å². The Morgan fingerprint density at radius 3 is 2.35 bits per heavy atom. The molecule has 0 aliphatic carbocycles. The van der Waals surface area contributed by atoms with Gasteiger partial charge < -0.3 is 5.32 Å². The third-order valence-electron chi connectivity index (χ3n) is 5.87. The zero-order valence-corrected chi connectivity index (χ0v) is 21.4. The second-order valence-corrected chi connectivity index (χ2v) is 9.91. The van der Waals surface area contributed by atoms with E-state index in [-0.39, 0.29) is 11.6 Å². The first-order valence-corrected chi connectivity index (χ1v) is 12.4. The van der Waals surface area contributed by atoms with E-state index in [9.17, 15) is 20.2 Å². The molecule has 0 aliphatic heterocycles. The molecule has 0 bridgehead atoms. The summed E-state index contributed by atoms with van der Waals surface area (Å²) < 4.78 is 0. The number of hydrogen-bond acceptors (Lipinski definition) is 6. The van der Waals surface area contributed by atoms with Crippen LogP contribution < -0.4 is 5.32 Å². The average Bonchev–Trinajstić information content (AvgIpc) is 2.90. The molecule has 0 saturated heterocycles. The Labute approximate surface area is 219 Å². The number of aromatic nitrogens is 1. The van der Waals surface area contributed by atoms with Crippen molar-refractivity contribution in [2.75, 3.05) is 5.32 Å². The zero-order chi connectivity index (χ0) is 26.5. The van der Waals surface area contributed by atoms with Crippen LogP contribution in [0.15, 0.2) is 83.9 Å². The first kappa shape index (κ1) is 25.6. The Bertz CT molecular complexity index is 1510. The minimum absolute atomic E-state index is 0.0397. The molecule has 0 aliphatic rings. The Morgan fingerprint density at radius 1 is 1.03 bits per heavy atom. The second-order valence-electron chi connectivity index (χ2n) is 8.58. The largest absolute Gasteiger partial charge is 0.325 e. The van der Waals surface area contributed by atoms with E-state index >= 15 is 0 Å². The first-order valence-electron chi connectivity index (χ1n) is 11.6. The van der Waals surface area contributed by atoms with E-state index in [0.29, 0.717) is 27.5 Å². The number of aryl methyl sites for hydroxylation is 2. The molecule has 0 fully saturated rings. The third-order valence-corrected chi connectivity index (χ3v) is 6.95. The van der Waals surface area contributed by atoms with Crippen LogP contribution in [0.1, 0.15) is 23.6 Å². The molecule has 1 atom stereocenters. The number of carbonyl (C=O) groups is 1. The molecule has 4 aromatic rings. The number of nitrogens with one attached hydrogen (secondary N) is 1. The van der Waals surface area contributed by atoms with Crippen molar-refractivity contribution in [1.29, 1.82) is 5.26 Å². The lowest BCUT2D eigenvalue weighted by Gasteiger charge is -2.16. The number of amides is 1. The number of nitro groups is 1. The number of pyridine rings is 1. The summed E-state index contributed by atoms with van der Waals surface area (Å²) in [4.78, 5) is 28.4. The number of anilines is 1. The predicted molar refractivity (Wildman–Crippen MR) is 146 cm³/mol. The van der Waals surface area contributed by atoms with Crippen LogP contribution in [0.3, 0.4) is 0 Å². The van der Waals surface area contributed by atoms with Gasteiger partial charge in [0.2, 0.25) is 5.91 Å². The smallest absolute Gasteiger partial charge is 0.269 e. The molecule has 1 heterocycles. The highest BCUT2D eigenvalue weighted by molar-refractivity contribution is 8.00. The van der Waals surface area contributed by atoms with Gasteiger partial charge in [-0.3, -0.25) is 14.9 Å². The summed E-state index contributed by atoms with van der Waals surface area (Å²) in [6.45, 7) is 5.46. The van der Waals surface area contributed by atoms with Crippen LogP contribution in [0.5, 0.6) is 0 Å². The zero-order valence-electron chi connectivity index (χ0n) is 20.6. The number of thioether (sulfide) groups is 1. The second kappa shape index (κ2) is 11.1. The molecule has 1 aromatic heterocycles. The van der Waals surface area contributed by atoms with Crippen molar-refractivity contribution in [2.24, 2.45) is 0 Å². The molecule has 1 unspecified atom stereocenters. The van der Waals surface area contributed by atoms with E-state index in [4.69, 9.17) is 4.98 Å². The lowest BCUT2D eigenvalue weighted by Crippen LogP contribution is -2.23. The monoisotopic (exact) mass is 508 g/mol. The van der Waals surface area contributed by atoms with E-state index in [2.05, 4.69) is 11.4 Å². The van der Waals surface area contributed by atoms with Crippen LogP contribution in [-0.2, 0) is 4.79 Å². The third kappa shape index (κ3) is 5.85. The van der Waals surface area contributed by atoms with Gasteiger partial charge in [0.15, 0.2) is 0 Å². The van der Waals surface area contributed by atoms with Crippen LogP contribution in [-0.4, -0.2) is 21.1 Å². The molecule has 4 rings (SSSR count). The Morgan fingerprint density at radius 2 is 1.73 bits per heavy atom. The topological polar surface area (TPSA) is 109 Å². The van der Waals surface area contributed by atoms with E-state index in [1.165, 1.54) is 30.0 Å². The van der Waals surface area contributed by atoms with Crippen molar-refractivity contribution in [3.05, 3.63) is 106 Å². The minimum atomic E-state index is -0.592. The maximum absolute atomic E-state index is 13.1. The minimum Gasteiger partial charge on any atom is -0.325 e. The van der Waals surface area contributed by atoms with Crippen molar-refractivity contribution in [2.45, 2.75) is 31.0 Å². The summed E-state index contributed by atoms with van der Waals surface area (Å²) in [5.41, 5.74) is 5.82. The molecular formula is C29H24N4O3S. The predicted octanol–water partition coefficient (Wildman–Crippen LogP) is 6.93. The van der Waals surface area contributed by atoms with Crippen LogP contribution in [0.4, 0.5) is 11.4 Å². The normalized spacial score (nSPS) is 11.4. The van der Waals surface area contributed by atoms with Crippen molar-refractivity contribution < 1.29 is 9.72 Å². The maximum Gasteiger partial charge on any atom is 0.269 e. The fraction of sp³-hybridized carbons (Fsp3) is 0.138. The van der Waals surface area contributed by atoms with Crippen molar-refractivity contribution in [1.82, 2.24) is 4.98 Å². The first-order chi connectivity index (χ1) is 17.8. The maximum atomic E-state index is 13.1.